The van der Waals surface area contributed by atoms with Gasteiger partial charge in [-0.25, -0.2) is 9.97 Å². The highest BCUT2D eigenvalue weighted by Gasteiger charge is 2.14. The summed E-state index contributed by atoms with van der Waals surface area (Å²) in [5.41, 5.74) is 6.77. The number of anilines is 1. The monoisotopic (exact) mass is 243 g/mol. The van der Waals surface area contributed by atoms with E-state index in [1.807, 2.05) is 18.2 Å². The quantitative estimate of drug-likeness (QED) is 0.880. The van der Waals surface area contributed by atoms with E-state index < -0.39 is 0 Å². The van der Waals surface area contributed by atoms with Gasteiger partial charge in [-0.2, -0.15) is 0 Å². The lowest BCUT2D eigenvalue weighted by Crippen LogP contribution is -2.10. The van der Waals surface area contributed by atoms with Crippen molar-refractivity contribution >= 4 is 5.82 Å². The van der Waals surface area contributed by atoms with Crippen LogP contribution in [0.4, 0.5) is 5.82 Å². The molecule has 0 bridgehead atoms. The number of hydrogen-bond acceptors (Lipinski definition) is 4. The van der Waals surface area contributed by atoms with E-state index in [0.29, 0.717) is 11.7 Å². The van der Waals surface area contributed by atoms with Crippen molar-refractivity contribution in [1.82, 2.24) is 9.97 Å². The lowest BCUT2D eigenvalue weighted by atomic mass is 9.87. The van der Waals surface area contributed by atoms with E-state index in [1.54, 1.807) is 0 Å². The van der Waals surface area contributed by atoms with Crippen molar-refractivity contribution < 1.29 is 4.74 Å². The molecule has 1 aromatic heterocycles. The van der Waals surface area contributed by atoms with Gasteiger partial charge in [-0.05, 0) is 23.1 Å². The van der Waals surface area contributed by atoms with Gasteiger partial charge in [-0.1, -0.05) is 32.9 Å². The van der Waals surface area contributed by atoms with Gasteiger partial charge in [-0.15, -0.1) is 0 Å². The maximum absolute atomic E-state index is 5.64. The van der Waals surface area contributed by atoms with E-state index in [0.717, 1.165) is 5.75 Å². The molecule has 0 amide bonds. The third-order valence-electron chi connectivity index (χ3n) is 2.57. The molecule has 0 aliphatic carbocycles. The lowest BCUT2D eigenvalue weighted by Gasteiger charge is -2.19. The number of benzene rings is 1. The summed E-state index contributed by atoms with van der Waals surface area (Å²) in [4.78, 5) is 7.99. The Morgan fingerprint density at radius 3 is 2.50 bits per heavy atom. The highest BCUT2D eigenvalue weighted by Crippen LogP contribution is 2.27. The molecule has 0 spiro atoms. The number of aromatic nitrogens is 2. The minimum atomic E-state index is 0.0894. The van der Waals surface area contributed by atoms with Crippen LogP contribution in [0.3, 0.4) is 0 Å². The minimum Gasteiger partial charge on any atom is -0.437 e. The molecule has 0 atom stereocenters. The number of ether oxygens (including phenoxy) is 1. The molecule has 0 radical (unpaired) electrons. The second-order valence-corrected chi connectivity index (χ2v) is 5.16. The van der Waals surface area contributed by atoms with Crippen LogP contribution in [0.5, 0.6) is 11.6 Å². The number of rotatable bonds is 2. The van der Waals surface area contributed by atoms with Gasteiger partial charge in [0.25, 0.3) is 0 Å². The van der Waals surface area contributed by atoms with Crippen LogP contribution in [0.1, 0.15) is 26.3 Å². The molecule has 0 aliphatic heterocycles. The van der Waals surface area contributed by atoms with Crippen molar-refractivity contribution in [2.75, 3.05) is 5.73 Å². The zero-order valence-electron chi connectivity index (χ0n) is 10.8. The Kier molecular flexibility index (Phi) is 3.19. The Bertz CT molecular complexity index is 529. The Morgan fingerprint density at radius 2 is 1.89 bits per heavy atom. The first kappa shape index (κ1) is 12.4. The zero-order valence-corrected chi connectivity index (χ0v) is 10.8. The van der Waals surface area contributed by atoms with Crippen LogP contribution in [0, 0.1) is 0 Å². The molecule has 1 heterocycles. The van der Waals surface area contributed by atoms with Crippen molar-refractivity contribution in [2.45, 2.75) is 26.2 Å². The van der Waals surface area contributed by atoms with Crippen LogP contribution in [0.2, 0.25) is 0 Å². The molecule has 0 saturated heterocycles. The first-order chi connectivity index (χ1) is 8.45. The molecule has 2 N–H and O–H groups in total. The molecule has 0 unspecified atom stereocenters. The van der Waals surface area contributed by atoms with Crippen molar-refractivity contribution in [1.29, 1.82) is 0 Å². The Morgan fingerprint density at radius 1 is 1.11 bits per heavy atom. The molecular formula is C14H17N3O. The van der Waals surface area contributed by atoms with Gasteiger partial charge in [0.05, 0.1) is 12.4 Å². The van der Waals surface area contributed by atoms with Crippen LogP contribution in [-0.4, -0.2) is 9.97 Å². The number of nitrogens with zero attached hydrogens (tertiary/aromatic N) is 2. The third-order valence-corrected chi connectivity index (χ3v) is 2.57. The van der Waals surface area contributed by atoms with Crippen molar-refractivity contribution in [2.24, 2.45) is 0 Å². The normalized spacial score (nSPS) is 11.3. The van der Waals surface area contributed by atoms with Gasteiger partial charge in [-0.3, -0.25) is 0 Å². The summed E-state index contributed by atoms with van der Waals surface area (Å²) in [6, 6.07) is 7.97. The fourth-order valence-corrected chi connectivity index (χ4v) is 1.53. The fourth-order valence-electron chi connectivity index (χ4n) is 1.53. The highest BCUT2D eigenvalue weighted by molar-refractivity contribution is 5.35. The van der Waals surface area contributed by atoms with Crippen molar-refractivity contribution in [3.05, 3.63) is 42.2 Å². The topological polar surface area (TPSA) is 61.0 Å². The van der Waals surface area contributed by atoms with Gasteiger partial charge in [0, 0.05) is 0 Å². The lowest BCUT2D eigenvalue weighted by molar-refractivity contribution is 0.457. The van der Waals surface area contributed by atoms with E-state index in [9.17, 15) is 0 Å². The minimum absolute atomic E-state index is 0.0894. The Labute approximate surface area is 107 Å². The molecule has 4 heteroatoms. The van der Waals surface area contributed by atoms with Gasteiger partial charge in [0.15, 0.2) is 0 Å². The largest absolute Gasteiger partial charge is 0.437 e. The average molecular weight is 243 g/mol. The summed E-state index contributed by atoms with van der Waals surface area (Å²) in [5.74, 6) is 1.57. The SMILES string of the molecule is CC(C)(C)c1cccc(Oc2cnc(N)cn2)c1. The van der Waals surface area contributed by atoms with Crippen LogP contribution in [0.15, 0.2) is 36.7 Å². The highest BCUT2D eigenvalue weighted by atomic mass is 16.5. The van der Waals surface area contributed by atoms with Crippen LogP contribution < -0.4 is 10.5 Å². The average Bonchev–Trinajstić information content (AvgIpc) is 2.31. The van der Waals surface area contributed by atoms with E-state index in [1.165, 1.54) is 18.0 Å². The van der Waals surface area contributed by atoms with E-state index in [2.05, 4.69) is 36.8 Å². The first-order valence-corrected chi connectivity index (χ1v) is 5.81. The van der Waals surface area contributed by atoms with E-state index >= 15 is 0 Å². The fraction of sp³-hybridized carbons (Fsp3) is 0.286. The van der Waals surface area contributed by atoms with Gasteiger partial charge in [0.1, 0.15) is 11.6 Å². The zero-order chi connectivity index (χ0) is 13.2. The van der Waals surface area contributed by atoms with E-state index in [4.69, 9.17) is 10.5 Å². The summed E-state index contributed by atoms with van der Waals surface area (Å²) in [6.07, 6.45) is 2.99. The van der Waals surface area contributed by atoms with Crippen molar-refractivity contribution in [3.63, 3.8) is 0 Å². The van der Waals surface area contributed by atoms with Crippen LogP contribution in [0.25, 0.3) is 0 Å². The summed E-state index contributed by atoms with van der Waals surface area (Å²) >= 11 is 0. The molecule has 18 heavy (non-hydrogen) atoms. The second-order valence-electron chi connectivity index (χ2n) is 5.16. The number of nitrogen functional groups attached to an aromatic ring is 1. The molecule has 2 aromatic rings. The molecule has 1 aromatic carbocycles. The molecule has 0 saturated carbocycles. The smallest absolute Gasteiger partial charge is 0.237 e. The first-order valence-electron chi connectivity index (χ1n) is 5.81. The summed E-state index contributed by atoms with van der Waals surface area (Å²) in [6.45, 7) is 6.49. The van der Waals surface area contributed by atoms with E-state index in [-0.39, 0.29) is 5.41 Å². The van der Waals surface area contributed by atoms with Crippen LogP contribution >= 0.6 is 0 Å². The third kappa shape index (κ3) is 2.97. The summed E-state index contributed by atoms with van der Waals surface area (Å²) < 4.78 is 5.64. The predicted molar refractivity (Wildman–Crippen MR) is 71.7 cm³/mol. The second kappa shape index (κ2) is 4.64. The predicted octanol–water partition coefficient (Wildman–Crippen LogP) is 3.15. The molecule has 94 valence electrons. The number of nitrogens with two attached hydrogens (primary N) is 1. The molecular weight excluding hydrogens is 226 g/mol. The van der Waals surface area contributed by atoms with Crippen LogP contribution in [-0.2, 0) is 5.41 Å². The summed E-state index contributed by atoms with van der Waals surface area (Å²) in [5, 5.41) is 0. The maximum atomic E-state index is 5.64. The number of hydrogen-bond donors (Lipinski definition) is 1. The standard InChI is InChI=1S/C14H17N3O/c1-14(2,3)10-5-4-6-11(7-10)18-13-9-16-12(15)8-17-13/h4-9H,1-3H3,(H2,15,16). The molecule has 0 aliphatic rings. The van der Waals surface area contributed by atoms with Crippen molar-refractivity contribution in [3.8, 4) is 11.6 Å². The molecule has 4 nitrogen and oxygen atoms in total. The molecule has 2 rings (SSSR count). The van der Waals surface area contributed by atoms with Gasteiger partial charge >= 0.3 is 0 Å². The molecule has 0 fully saturated rings. The Hall–Kier alpha value is -2.10. The Balaban J connectivity index is 2.22. The van der Waals surface area contributed by atoms with Gasteiger partial charge in [0.2, 0.25) is 5.88 Å². The maximum Gasteiger partial charge on any atom is 0.237 e. The summed E-state index contributed by atoms with van der Waals surface area (Å²) in [7, 11) is 0. The van der Waals surface area contributed by atoms with Gasteiger partial charge < -0.3 is 10.5 Å².